The summed E-state index contributed by atoms with van der Waals surface area (Å²) < 4.78 is 7.42. The molecule has 8 heteroatoms. The lowest BCUT2D eigenvalue weighted by molar-refractivity contribution is -0.385. The number of nitrogens with one attached hydrogen (secondary N) is 1. The zero-order chi connectivity index (χ0) is 20.1. The standard InChI is InChI=1S/C20H20N4O4/c1-14-10-18(6-7-19(14)24(26)27)28-13-15-4-3-5-16(11-15)20(25)21-12-17-8-9-22-23(17)2/h3-11H,12-13H2,1-2H3,(H,21,25). The number of nitrogens with zero attached hydrogens (tertiary/aromatic N) is 3. The zero-order valence-electron chi connectivity index (χ0n) is 15.6. The molecule has 0 radical (unpaired) electrons. The van der Waals surface area contributed by atoms with Crippen molar-refractivity contribution in [2.24, 2.45) is 7.05 Å². The predicted molar refractivity (Wildman–Crippen MR) is 103 cm³/mol. The van der Waals surface area contributed by atoms with Crippen LogP contribution < -0.4 is 10.1 Å². The van der Waals surface area contributed by atoms with Crippen molar-refractivity contribution in [1.82, 2.24) is 15.1 Å². The number of nitro groups is 1. The predicted octanol–water partition coefficient (Wildman–Crippen LogP) is 3.15. The second kappa shape index (κ2) is 8.34. The van der Waals surface area contributed by atoms with Gasteiger partial charge in [-0.25, -0.2) is 0 Å². The van der Waals surface area contributed by atoms with E-state index in [0.29, 0.717) is 23.4 Å². The number of aromatic nitrogens is 2. The SMILES string of the molecule is Cc1cc(OCc2cccc(C(=O)NCc3ccnn3C)c2)ccc1[N+](=O)[O-]. The third-order valence-electron chi connectivity index (χ3n) is 4.31. The third kappa shape index (κ3) is 4.53. The molecule has 3 aromatic rings. The monoisotopic (exact) mass is 380 g/mol. The summed E-state index contributed by atoms with van der Waals surface area (Å²) in [4.78, 5) is 22.8. The van der Waals surface area contributed by atoms with Gasteiger partial charge in [0.1, 0.15) is 12.4 Å². The van der Waals surface area contributed by atoms with Crippen LogP contribution in [-0.2, 0) is 20.2 Å². The molecule has 0 unspecified atom stereocenters. The normalized spacial score (nSPS) is 10.5. The molecule has 0 aliphatic rings. The van der Waals surface area contributed by atoms with Crippen molar-refractivity contribution in [2.75, 3.05) is 0 Å². The smallest absolute Gasteiger partial charge is 0.272 e. The summed E-state index contributed by atoms with van der Waals surface area (Å²) in [7, 11) is 1.82. The molecule has 144 valence electrons. The van der Waals surface area contributed by atoms with Crippen LogP contribution in [0.15, 0.2) is 54.7 Å². The Balaban J connectivity index is 1.61. The van der Waals surface area contributed by atoms with Crippen LogP contribution in [0.2, 0.25) is 0 Å². The van der Waals surface area contributed by atoms with Crippen LogP contribution >= 0.6 is 0 Å². The van der Waals surface area contributed by atoms with Crippen molar-refractivity contribution in [3.05, 3.63) is 87.2 Å². The number of hydrogen-bond donors (Lipinski definition) is 1. The summed E-state index contributed by atoms with van der Waals surface area (Å²) in [6, 6.07) is 13.6. The number of hydrogen-bond acceptors (Lipinski definition) is 5. The maximum Gasteiger partial charge on any atom is 0.272 e. The first-order chi connectivity index (χ1) is 13.4. The van der Waals surface area contributed by atoms with Gasteiger partial charge in [0.15, 0.2) is 0 Å². The van der Waals surface area contributed by atoms with Gasteiger partial charge in [0.05, 0.1) is 17.2 Å². The van der Waals surface area contributed by atoms with Gasteiger partial charge in [-0.3, -0.25) is 19.6 Å². The second-order valence-corrected chi connectivity index (χ2v) is 6.32. The van der Waals surface area contributed by atoms with Crippen LogP contribution in [0.25, 0.3) is 0 Å². The molecule has 0 aliphatic carbocycles. The number of carbonyl (C=O) groups excluding carboxylic acids is 1. The zero-order valence-corrected chi connectivity index (χ0v) is 15.6. The van der Waals surface area contributed by atoms with Crippen molar-refractivity contribution in [3.63, 3.8) is 0 Å². The molecule has 2 aromatic carbocycles. The van der Waals surface area contributed by atoms with E-state index in [9.17, 15) is 14.9 Å². The molecule has 28 heavy (non-hydrogen) atoms. The molecule has 1 aromatic heterocycles. The summed E-state index contributed by atoms with van der Waals surface area (Å²) in [5.74, 6) is 0.350. The average Bonchev–Trinajstić information content (AvgIpc) is 3.09. The molecule has 0 saturated carbocycles. The Morgan fingerprint density at radius 2 is 2.07 bits per heavy atom. The van der Waals surface area contributed by atoms with Crippen LogP contribution in [0.1, 0.15) is 27.2 Å². The molecule has 8 nitrogen and oxygen atoms in total. The molecular weight excluding hydrogens is 360 g/mol. The Kier molecular flexibility index (Phi) is 5.69. The molecule has 0 spiro atoms. The van der Waals surface area contributed by atoms with Crippen LogP contribution in [0.3, 0.4) is 0 Å². The number of benzene rings is 2. The summed E-state index contributed by atoms with van der Waals surface area (Å²) in [6.07, 6.45) is 1.68. The van der Waals surface area contributed by atoms with Gasteiger partial charge in [-0.2, -0.15) is 5.10 Å². The molecule has 0 atom stereocenters. The first-order valence-electron chi connectivity index (χ1n) is 8.66. The Labute approximate surface area is 161 Å². The Hall–Kier alpha value is -3.68. The van der Waals surface area contributed by atoms with E-state index in [1.165, 1.54) is 6.07 Å². The minimum Gasteiger partial charge on any atom is -0.489 e. The highest BCUT2D eigenvalue weighted by Crippen LogP contribution is 2.23. The maximum atomic E-state index is 12.4. The van der Waals surface area contributed by atoms with E-state index < -0.39 is 4.92 Å². The van der Waals surface area contributed by atoms with Crippen LogP contribution in [0.4, 0.5) is 5.69 Å². The van der Waals surface area contributed by atoms with E-state index in [4.69, 9.17) is 4.74 Å². The van der Waals surface area contributed by atoms with E-state index in [2.05, 4.69) is 10.4 Å². The lowest BCUT2D eigenvalue weighted by Crippen LogP contribution is -2.24. The van der Waals surface area contributed by atoms with Crippen molar-refractivity contribution in [3.8, 4) is 5.75 Å². The number of rotatable bonds is 7. The molecule has 0 fully saturated rings. The number of nitro benzene ring substituents is 1. The molecule has 1 N–H and O–H groups in total. The summed E-state index contributed by atoms with van der Waals surface area (Å²) in [6.45, 7) is 2.30. The second-order valence-electron chi connectivity index (χ2n) is 6.32. The first-order valence-corrected chi connectivity index (χ1v) is 8.66. The fourth-order valence-corrected chi connectivity index (χ4v) is 2.74. The number of carbonyl (C=O) groups is 1. The molecule has 0 bridgehead atoms. The minimum absolute atomic E-state index is 0.0550. The third-order valence-corrected chi connectivity index (χ3v) is 4.31. The van der Waals surface area contributed by atoms with E-state index in [1.807, 2.05) is 19.2 Å². The lowest BCUT2D eigenvalue weighted by Gasteiger charge is -2.09. The fraction of sp³-hybridized carbons (Fsp3) is 0.200. The van der Waals surface area contributed by atoms with Crippen LogP contribution in [-0.4, -0.2) is 20.6 Å². The molecular formula is C20H20N4O4. The highest BCUT2D eigenvalue weighted by Gasteiger charge is 2.11. The van der Waals surface area contributed by atoms with E-state index >= 15 is 0 Å². The van der Waals surface area contributed by atoms with Gasteiger partial charge < -0.3 is 10.1 Å². The van der Waals surface area contributed by atoms with Gasteiger partial charge in [-0.15, -0.1) is 0 Å². The van der Waals surface area contributed by atoms with E-state index in [0.717, 1.165) is 11.3 Å². The molecule has 0 aliphatic heterocycles. The fourth-order valence-electron chi connectivity index (χ4n) is 2.74. The molecule has 3 rings (SSSR count). The maximum absolute atomic E-state index is 12.4. The number of amides is 1. The van der Waals surface area contributed by atoms with Gasteiger partial charge in [0, 0.05) is 30.4 Å². The lowest BCUT2D eigenvalue weighted by atomic mass is 10.1. The van der Waals surface area contributed by atoms with Crippen LogP contribution in [0.5, 0.6) is 5.75 Å². The van der Waals surface area contributed by atoms with E-state index in [1.54, 1.807) is 48.1 Å². The molecule has 1 heterocycles. The topological polar surface area (TPSA) is 99.3 Å². The molecule has 0 saturated heterocycles. The highest BCUT2D eigenvalue weighted by atomic mass is 16.6. The largest absolute Gasteiger partial charge is 0.489 e. The van der Waals surface area contributed by atoms with Gasteiger partial charge in [-0.05, 0) is 42.8 Å². The van der Waals surface area contributed by atoms with Gasteiger partial charge >= 0.3 is 0 Å². The Morgan fingerprint density at radius 3 is 2.75 bits per heavy atom. The average molecular weight is 380 g/mol. The van der Waals surface area contributed by atoms with Crippen LogP contribution in [0, 0.1) is 17.0 Å². The number of ether oxygens (including phenoxy) is 1. The van der Waals surface area contributed by atoms with Crippen molar-refractivity contribution in [1.29, 1.82) is 0 Å². The van der Waals surface area contributed by atoms with Crippen molar-refractivity contribution >= 4 is 11.6 Å². The summed E-state index contributed by atoms with van der Waals surface area (Å²) >= 11 is 0. The summed E-state index contributed by atoms with van der Waals surface area (Å²) in [5.41, 5.74) is 2.85. The Bertz CT molecular complexity index is 1010. The first kappa shape index (κ1) is 19.1. The summed E-state index contributed by atoms with van der Waals surface area (Å²) in [5, 5.41) is 17.8. The van der Waals surface area contributed by atoms with Crippen molar-refractivity contribution < 1.29 is 14.5 Å². The highest BCUT2D eigenvalue weighted by molar-refractivity contribution is 5.94. The van der Waals surface area contributed by atoms with E-state index in [-0.39, 0.29) is 18.2 Å². The minimum atomic E-state index is -0.424. The van der Waals surface area contributed by atoms with Gasteiger partial charge in [0.2, 0.25) is 0 Å². The number of aryl methyl sites for hydroxylation is 2. The van der Waals surface area contributed by atoms with Gasteiger partial charge in [0.25, 0.3) is 11.6 Å². The van der Waals surface area contributed by atoms with Crippen molar-refractivity contribution in [2.45, 2.75) is 20.1 Å². The molecule has 1 amide bonds. The van der Waals surface area contributed by atoms with Gasteiger partial charge in [-0.1, -0.05) is 12.1 Å². The quantitative estimate of drug-likeness (QED) is 0.501. The Morgan fingerprint density at radius 1 is 1.25 bits per heavy atom.